The minimum absolute atomic E-state index is 0.377. The van der Waals surface area contributed by atoms with E-state index >= 15 is 0 Å². The molecule has 0 radical (unpaired) electrons. The molecule has 0 amide bonds. The van der Waals surface area contributed by atoms with Gasteiger partial charge in [0.2, 0.25) is 5.95 Å². The highest BCUT2D eigenvalue weighted by molar-refractivity contribution is 5.59. The average molecular weight is 391 g/mol. The van der Waals surface area contributed by atoms with Crippen molar-refractivity contribution >= 4 is 5.95 Å². The lowest BCUT2D eigenvalue weighted by atomic mass is 10.2. The molecule has 0 N–H and O–H groups in total. The van der Waals surface area contributed by atoms with E-state index in [-0.39, 0.29) is 5.82 Å². The molecular formula is C22H22FN5O. The molecule has 1 saturated heterocycles. The summed E-state index contributed by atoms with van der Waals surface area (Å²) < 4.78 is 19.8. The largest absolute Gasteiger partial charge is 0.492 e. The molecule has 7 heteroatoms. The van der Waals surface area contributed by atoms with Crippen molar-refractivity contribution in [3.63, 3.8) is 0 Å². The van der Waals surface area contributed by atoms with Crippen molar-refractivity contribution in [3.8, 4) is 17.0 Å². The lowest BCUT2D eigenvalue weighted by Gasteiger charge is -2.19. The van der Waals surface area contributed by atoms with E-state index in [1.807, 2.05) is 18.5 Å². The number of fused-ring (bicyclic) bond motifs is 1. The van der Waals surface area contributed by atoms with Gasteiger partial charge < -0.3 is 9.64 Å². The number of aryl methyl sites for hydroxylation is 1. The predicted molar refractivity (Wildman–Crippen MR) is 107 cm³/mol. The predicted octanol–water partition coefficient (Wildman–Crippen LogP) is 3.40. The Bertz CT molecular complexity index is 983. The summed E-state index contributed by atoms with van der Waals surface area (Å²) in [6.07, 6.45) is 9.20. The first-order valence-corrected chi connectivity index (χ1v) is 9.97. The molecule has 3 atom stereocenters. The van der Waals surface area contributed by atoms with Gasteiger partial charge in [-0.3, -0.25) is 9.97 Å². The summed E-state index contributed by atoms with van der Waals surface area (Å²) in [6.45, 7) is 4.77. The Kier molecular flexibility index (Phi) is 4.58. The van der Waals surface area contributed by atoms with E-state index in [2.05, 4.69) is 31.8 Å². The zero-order valence-electron chi connectivity index (χ0n) is 16.2. The number of aromatic nitrogens is 4. The van der Waals surface area contributed by atoms with E-state index in [9.17, 15) is 4.39 Å². The number of hydrogen-bond acceptors (Lipinski definition) is 6. The second-order valence-electron chi connectivity index (χ2n) is 7.69. The quantitative estimate of drug-likeness (QED) is 0.642. The Morgan fingerprint density at radius 1 is 1.03 bits per heavy atom. The van der Waals surface area contributed by atoms with Crippen molar-refractivity contribution in [2.75, 3.05) is 24.6 Å². The third-order valence-corrected chi connectivity index (χ3v) is 5.98. The summed E-state index contributed by atoms with van der Waals surface area (Å²) in [5.41, 5.74) is 2.18. The van der Waals surface area contributed by atoms with Crippen LogP contribution < -0.4 is 9.64 Å². The van der Waals surface area contributed by atoms with Gasteiger partial charge in [-0.2, -0.15) is 0 Å². The maximum atomic E-state index is 13.8. The third kappa shape index (κ3) is 3.52. The Morgan fingerprint density at radius 2 is 1.83 bits per heavy atom. The molecule has 29 heavy (non-hydrogen) atoms. The first kappa shape index (κ1) is 18.0. The van der Waals surface area contributed by atoms with Crippen LogP contribution in [0.4, 0.5) is 10.3 Å². The van der Waals surface area contributed by atoms with Crippen molar-refractivity contribution in [2.24, 2.45) is 17.8 Å². The van der Waals surface area contributed by atoms with E-state index in [1.165, 1.54) is 6.20 Å². The van der Waals surface area contributed by atoms with Gasteiger partial charge in [-0.15, -0.1) is 0 Å². The average Bonchev–Trinajstić information content (AvgIpc) is 3.22. The van der Waals surface area contributed by atoms with Crippen LogP contribution >= 0.6 is 0 Å². The fraction of sp³-hybridized carbons (Fsp3) is 0.364. The number of halogens is 1. The van der Waals surface area contributed by atoms with Gasteiger partial charge in [0.25, 0.3) is 0 Å². The molecule has 0 bridgehead atoms. The molecule has 5 rings (SSSR count). The van der Waals surface area contributed by atoms with Gasteiger partial charge in [-0.1, -0.05) is 6.92 Å². The molecule has 0 spiro atoms. The van der Waals surface area contributed by atoms with Crippen LogP contribution in [0.5, 0.6) is 5.75 Å². The second-order valence-corrected chi connectivity index (χ2v) is 7.69. The molecule has 3 aromatic rings. The maximum Gasteiger partial charge on any atom is 0.225 e. The monoisotopic (exact) mass is 391 g/mol. The van der Waals surface area contributed by atoms with Crippen molar-refractivity contribution in [2.45, 2.75) is 13.3 Å². The molecule has 0 aromatic carbocycles. The van der Waals surface area contributed by atoms with Crippen LogP contribution in [0.25, 0.3) is 11.3 Å². The lowest BCUT2D eigenvalue weighted by Crippen LogP contribution is -2.27. The van der Waals surface area contributed by atoms with E-state index in [0.717, 1.165) is 31.0 Å². The molecule has 1 aliphatic carbocycles. The van der Waals surface area contributed by atoms with Gasteiger partial charge in [0.1, 0.15) is 5.75 Å². The minimum Gasteiger partial charge on any atom is -0.492 e. The highest BCUT2D eigenvalue weighted by atomic mass is 19.1. The normalized spacial score (nSPS) is 22.4. The number of piperidine rings is 1. The summed E-state index contributed by atoms with van der Waals surface area (Å²) in [7, 11) is 0. The standard InChI is InChI=1S/C22H22FN5O/c1-2-14-7-26-22(27-8-14)28-11-17-18(12-28)19(17)13-29-15-3-4-21(25-9-15)16-5-6-24-10-20(16)23/h3-10,17-19H,2,11-13H2,1H3/t17-,18?,19+/m1/s1. The zero-order chi connectivity index (χ0) is 19.8. The van der Waals surface area contributed by atoms with Crippen LogP contribution in [0, 0.1) is 23.6 Å². The Balaban J connectivity index is 1.14. The lowest BCUT2D eigenvalue weighted by molar-refractivity contribution is 0.282. The molecule has 3 aromatic heterocycles. The highest BCUT2D eigenvalue weighted by Gasteiger charge is 2.56. The zero-order valence-corrected chi connectivity index (χ0v) is 16.2. The first-order valence-electron chi connectivity index (χ1n) is 9.97. The van der Waals surface area contributed by atoms with E-state index < -0.39 is 0 Å². The molecule has 1 saturated carbocycles. The van der Waals surface area contributed by atoms with Crippen molar-refractivity contribution in [3.05, 3.63) is 60.6 Å². The van der Waals surface area contributed by atoms with Gasteiger partial charge >= 0.3 is 0 Å². The summed E-state index contributed by atoms with van der Waals surface area (Å²) in [6, 6.07) is 5.24. The molecule has 1 unspecified atom stereocenters. The molecule has 1 aliphatic heterocycles. The Morgan fingerprint density at radius 3 is 2.48 bits per heavy atom. The SMILES string of the molecule is CCc1cnc(N2CC3[C@@H](COc4ccc(-c5ccncc5F)nc4)[C@@H]3C2)nc1. The fourth-order valence-electron chi connectivity index (χ4n) is 4.15. The second kappa shape index (κ2) is 7.39. The summed E-state index contributed by atoms with van der Waals surface area (Å²) in [5.74, 6) is 3.02. The number of hydrogen-bond donors (Lipinski definition) is 0. The Labute approximate surface area is 168 Å². The van der Waals surface area contributed by atoms with Crippen LogP contribution in [-0.4, -0.2) is 39.6 Å². The van der Waals surface area contributed by atoms with Crippen molar-refractivity contribution in [1.29, 1.82) is 0 Å². The van der Waals surface area contributed by atoms with Crippen LogP contribution in [-0.2, 0) is 6.42 Å². The fourth-order valence-corrected chi connectivity index (χ4v) is 4.15. The van der Waals surface area contributed by atoms with Gasteiger partial charge in [-0.25, -0.2) is 14.4 Å². The summed E-state index contributed by atoms with van der Waals surface area (Å²) in [4.78, 5) is 19.3. The topological polar surface area (TPSA) is 64.0 Å². The van der Waals surface area contributed by atoms with E-state index in [0.29, 0.717) is 41.4 Å². The molecule has 2 fully saturated rings. The number of anilines is 1. The van der Waals surface area contributed by atoms with Crippen LogP contribution in [0.3, 0.4) is 0 Å². The smallest absolute Gasteiger partial charge is 0.225 e. The Hall–Kier alpha value is -3.09. The molecule has 4 heterocycles. The third-order valence-electron chi connectivity index (χ3n) is 5.98. The summed E-state index contributed by atoms with van der Waals surface area (Å²) in [5, 5.41) is 0. The number of rotatable bonds is 6. The first-order chi connectivity index (χ1) is 14.2. The summed E-state index contributed by atoms with van der Waals surface area (Å²) >= 11 is 0. The minimum atomic E-state index is -0.377. The number of pyridine rings is 2. The van der Waals surface area contributed by atoms with Crippen molar-refractivity contribution in [1.82, 2.24) is 19.9 Å². The number of ether oxygens (including phenoxy) is 1. The van der Waals surface area contributed by atoms with E-state index in [1.54, 1.807) is 24.5 Å². The van der Waals surface area contributed by atoms with Gasteiger partial charge in [-0.05, 0) is 42.0 Å². The molecule has 148 valence electrons. The molecular weight excluding hydrogens is 369 g/mol. The highest BCUT2D eigenvalue weighted by Crippen LogP contribution is 2.52. The van der Waals surface area contributed by atoms with Crippen molar-refractivity contribution < 1.29 is 9.13 Å². The van der Waals surface area contributed by atoms with Crippen LogP contribution in [0.1, 0.15) is 12.5 Å². The van der Waals surface area contributed by atoms with Gasteiger partial charge in [0.05, 0.1) is 24.7 Å². The maximum absolute atomic E-state index is 13.8. The number of nitrogens with zero attached hydrogens (tertiary/aromatic N) is 5. The van der Waals surface area contributed by atoms with Crippen LogP contribution in [0.2, 0.25) is 0 Å². The van der Waals surface area contributed by atoms with Crippen LogP contribution in [0.15, 0.2) is 49.2 Å². The molecule has 6 nitrogen and oxygen atoms in total. The van der Waals surface area contributed by atoms with Gasteiger partial charge in [0.15, 0.2) is 5.82 Å². The van der Waals surface area contributed by atoms with E-state index in [4.69, 9.17) is 4.74 Å². The molecule has 2 aliphatic rings. The van der Waals surface area contributed by atoms with Gasteiger partial charge in [0, 0.05) is 43.2 Å².